The number of hydrogen-bond donors (Lipinski definition) is 1. The van der Waals surface area contributed by atoms with E-state index in [1.165, 1.54) is 6.07 Å². The van der Waals surface area contributed by atoms with Crippen LogP contribution in [0.5, 0.6) is 0 Å². The molecule has 0 aromatic heterocycles. The Morgan fingerprint density at radius 2 is 1.76 bits per heavy atom. The lowest BCUT2D eigenvalue weighted by atomic mass is 10.0. The Labute approximate surface area is 126 Å². The van der Waals surface area contributed by atoms with Crippen molar-refractivity contribution in [3.8, 4) is 0 Å². The number of nitrogens with two attached hydrogens (primary N) is 1. The van der Waals surface area contributed by atoms with Gasteiger partial charge in [-0.2, -0.15) is 0 Å². The van der Waals surface area contributed by atoms with Gasteiger partial charge in [-0.1, -0.05) is 25.1 Å². The van der Waals surface area contributed by atoms with Gasteiger partial charge in [-0.3, -0.25) is 0 Å². The quantitative estimate of drug-likeness (QED) is 0.812. The molecule has 0 saturated heterocycles. The summed E-state index contributed by atoms with van der Waals surface area (Å²) >= 11 is 1.05. The van der Waals surface area contributed by atoms with Crippen LogP contribution in [0.2, 0.25) is 0 Å². The molecule has 21 heavy (non-hydrogen) atoms. The highest BCUT2D eigenvalue weighted by molar-refractivity contribution is 7.99. The van der Waals surface area contributed by atoms with E-state index in [1.807, 2.05) is 6.92 Å². The zero-order valence-corrected chi connectivity index (χ0v) is 12.3. The zero-order chi connectivity index (χ0) is 15.4. The van der Waals surface area contributed by atoms with Gasteiger partial charge in [0.15, 0.2) is 0 Å². The first-order valence-corrected chi connectivity index (χ1v) is 7.52. The Morgan fingerprint density at radius 3 is 2.43 bits per heavy atom. The molecule has 0 saturated carbocycles. The SMILES string of the molecule is CCC(N)C(Sc1cc(F)ccc1F)c1ccccc1F. The summed E-state index contributed by atoms with van der Waals surface area (Å²) in [4.78, 5) is 0.132. The second-order valence-corrected chi connectivity index (χ2v) is 5.89. The standard InChI is InChI=1S/C16H16F3NS/c1-2-14(20)16(11-5-3-4-6-12(11)18)21-15-9-10(17)7-8-13(15)19/h3-9,14,16H,2,20H2,1H3. The molecule has 0 fully saturated rings. The van der Waals surface area contributed by atoms with Crippen LogP contribution in [0.4, 0.5) is 13.2 Å². The summed E-state index contributed by atoms with van der Waals surface area (Å²) in [6.07, 6.45) is 0.600. The number of thioether (sulfide) groups is 1. The fourth-order valence-electron chi connectivity index (χ4n) is 2.01. The highest BCUT2D eigenvalue weighted by Crippen LogP contribution is 2.40. The Morgan fingerprint density at radius 1 is 1.05 bits per heavy atom. The van der Waals surface area contributed by atoms with Crippen molar-refractivity contribution in [3.63, 3.8) is 0 Å². The topological polar surface area (TPSA) is 26.0 Å². The van der Waals surface area contributed by atoms with Gasteiger partial charge in [-0.15, -0.1) is 11.8 Å². The van der Waals surface area contributed by atoms with Gasteiger partial charge in [-0.05, 0) is 30.7 Å². The fraction of sp³-hybridized carbons (Fsp3) is 0.250. The van der Waals surface area contributed by atoms with E-state index in [0.717, 1.165) is 30.0 Å². The molecular weight excluding hydrogens is 295 g/mol. The fourth-order valence-corrected chi connectivity index (χ4v) is 3.33. The number of hydrogen-bond acceptors (Lipinski definition) is 2. The normalized spacial score (nSPS) is 14.0. The molecule has 0 aliphatic carbocycles. The van der Waals surface area contributed by atoms with E-state index in [4.69, 9.17) is 5.73 Å². The summed E-state index contributed by atoms with van der Waals surface area (Å²) < 4.78 is 41.1. The molecule has 1 nitrogen and oxygen atoms in total. The van der Waals surface area contributed by atoms with Gasteiger partial charge in [0.05, 0.1) is 5.25 Å². The third kappa shape index (κ3) is 3.80. The second-order valence-electron chi connectivity index (χ2n) is 4.71. The van der Waals surface area contributed by atoms with E-state index in [1.54, 1.807) is 18.2 Å². The second kappa shape index (κ2) is 7.00. The summed E-state index contributed by atoms with van der Waals surface area (Å²) in [5, 5.41) is -0.479. The van der Waals surface area contributed by atoms with E-state index >= 15 is 0 Å². The molecule has 0 amide bonds. The van der Waals surface area contributed by atoms with Gasteiger partial charge >= 0.3 is 0 Å². The number of benzene rings is 2. The molecule has 0 aliphatic rings. The van der Waals surface area contributed by atoms with Crippen molar-refractivity contribution in [2.45, 2.75) is 29.5 Å². The molecule has 0 heterocycles. The van der Waals surface area contributed by atoms with Gasteiger partial charge in [0.2, 0.25) is 0 Å². The Balaban J connectivity index is 2.38. The maximum Gasteiger partial charge on any atom is 0.136 e. The van der Waals surface area contributed by atoms with Crippen LogP contribution in [0.1, 0.15) is 24.2 Å². The molecule has 2 unspecified atom stereocenters. The van der Waals surface area contributed by atoms with Gasteiger partial charge in [0.1, 0.15) is 17.5 Å². The number of rotatable bonds is 5. The summed E-state index contributed by atoms with van der Waals surface area (Å²) in [6.45, 7) is 1.88. The highest BCUT2D eigenvalue weighted by atomic mass is 32.2. The lowest BCUT2D eigenvalue weighted by Crippen LogP contribution is -2.26. The van der Waals surface area contributed by atoms with Crippen molar-refractivity contribution in [3.05, 3.63) is 65.5 Å². The van der Waals surface area contributed by atoms with Gasteiger partial charge in [0.25, 0.3) is 0 Å². The maximum atomic E-state index is 14.0. The third-order valence-corrected chi connectivity index (χ3v) is 4.64. The van der Waals surface area contributed by atoms with E-state index in [2.05, 4.69) is 0 Å². The summed E-state index contributed by atoms with van der Waals surface area (Å²) in [6, 6.07) is 9.11. The minimum Gasteiger partial charge on any atom is -0.326 e. The van der Waals surface area contributed by atoms with E-state index in [-0.39, 0.29) is 10.9 Å². The lowest BCUT2D eigenvalue weighted by molar-refractivity contribution is 0.565. The average Bonchev–Trinajstić information content (AvgIpc) is 2.48. The van der Waals surface area contributed by atoms with E-state index in [0.29, 0.717) is 12.0 Å². The minimum absolute atomic E-state index is 0.132. The summed E-state index contributed by atoms with van der Waals surface area (Å²) in [5.41, 5.74) is 6.45. The Kier molecular flexibility index (Phi) is 5.31. The lowest BCUT2D eigenvalue weighted by Gasteiger charge is -2.23. The van der Waals surface area contributed by atoms with Crippen LogP contribution in [0, 0.1) is 17.5 Å². The van der Waals surface area contributed by atoms with E-state index < -0.39 is 22.7 Å². The molecule has 5 heteroatoms. The molecule has 2 aromatic carbocycles. The van der Waals surface area contributed by atoms with Crippen LogP contribution in [-0.4, -0.2) is 6.04 Å². The third-order valence-electron chi connectivity index (χ3n) is 3.22. The van der Waals surface area contributed by atoms with Crippen molar-refractivity contribution < 1.29 is 13.2 Å². The predicted molar refractivity (Wildman–Crippen MR) is 79.6 cm³/mol. The maximum absolute atomic E-state index is 14.0. The van der Waals surface area contributed by atoms with Crippen LogP contribution in [0.15, 0.2) is 47.4 Å². The monoisotopic (exact) mass is 311 g/mol. The Bertz CT molecular complexity index is 618. The first kappa shape index (κ1) is 15.9. The van der Waals surface area contributed by atoms with Crippen molar-refractivity contribution in [2.75, 3.05) is 0 Å². The van der Waals surface area contributed by atoms with Crippen LogP contribution in [0.25, 0.3) is 0 Å². The molecule has 0 aliphatic heterocycles. The average molecular weight is 311 g/mol. The molecule has 112 valence electrons. The molecule has 0 radical (unpaired) electrons. The zero-order valence-electron chi connectivity index (χ0n) is 11.5. The van der Waals surface area contributed by atoms with Crippen LogP contribution in [-0.2, 0) is 0 Å². The Hall–Kier alpha value is -1.46. The largest absolute Gasteiger partial charge is 0.326 e. The summed E-state index contributed by atoms with van der Waals surface area (Å²) in [7, 11) is 0. The van der Waals surface area contributed by atoms with Crippen LogP contribution < -0.4 is 5.73 Å². The van der Waals surface area contributed by atoms with Crippen molar-refractivity contribution in [2.24, 2.45) is 5.73 Å². The van der Waals surface area contributed by atoms with Crippen molar-refractivity contribution in [1.82, 2.24) is 0 Å². The molecule has 0 bridgehead atoms. The van der Waals surface area contributed by atoms with Gasteiger partial charge < -0.3 is 5.73 Å². The minimum atomic E-state index is -0.536. The highest BCUT2D eigenvalue weighted by Gasteiger charge is 2.24. The molecule has 2 N–H and O–H groups in total. The molecule has 2 aromatic rings. The molecular formula is C16H16F3NS. The van der Waals surface area contributed by atoms with Crippen molar-refractivity contribution in [1.29, 1.82) is 0 Å². The summed E-state index contributed by atoms with van der Waals surface area (Å²) in [5.74, 6) is -1.46. The van der Waals surface area contributed by atoms with Crippen molar-refractivity contribution >= 4 is 11.8 Å². The first-order chi connectivity index (χ1) is 10.0. The smallest absolute Gasteiger partial charge is 0.136 e. The van der Waals surface area contributed by atoms with Gasteiger partial charge in [0, 0.05) is 16.5 Å². The molecule has 2 rings (SSSR count). The first-order valence-electron chi connectivity index (χ1n) is 6.64. The van der Waals surface area contributed by atoms with Gasteiger partial charge in [-0.25, -0.2) is 13.2 Å². The molecule has 0 spiro atoms. The number of halogens is 3. The predicted octanol–water partition coefficient (Wildman–Crippen LogP) is 4.67. The van der Waals surface area contributed by atoms with Crippen LogP contribution >= 0.6 is 11.8 Å². The molecule has 2 atom stereocenters. The van der Waals surface area contributed by atoms with E-state index in [9.17, 15) is 13.2 Å². The van der Waals surface area contributed by atoms with Crippen LogP contribution in [0.3, 0.4) is 0 Å².